The summed E-state index contributed by atoms with van der Waals surface area (Å²) in [7, 11) is 0. The van der Waals surface area contributed by atoms with Gasteiger partial charge in [-0.15, -0.1) is 0 Å². The highest BCUT2D eigenvalue weighted by Crippen LogP contribution is 2.15. The van der Waals surface area contributed by atoms with Crippen molar-refractivity contribution in [1.29, 1.82) is 0 Å². The number of amides is 1. The summed E-state index contributed by atoms with van der Waals surface area (Å²) in [5, 5.41) is 2.72. The first-order valence-corrected chi connectivity index (χ1v) is 14.0. The van der Waals surface area contributed by atoms with Crippen LogP contribution in [0.15, 0.2) is 24.3 Å². The SMILES string of the molecule is CCCCCCCCCCCCCCCOCCOCCOCCOc1ccc(NC(C)=O)cc1. The molecule has 0 aliphatic carbocycles. The first kappa shape index (κ1) is 31.4. The highest BCUT2D eigenvalue weighted by molar-refractivity contribution is 5.88. The van der Waals surface area contributed by atoms with Crippen LogP contribution in [0.3, 0.4) is 0 Å². The minimum atomic E-state index is -0.0873. The van der Waals surface area contributed by atoms with Gasteiger partial charge in [0.2, 0.25) is 5.91 Å². The maximum Gasteiger partial charge on any atom is 0.221 e. The Morgan fingerprint density at radius 2 is 1.03 bits per heavy atom. The van der Waals surface area contributed by atoms with Crippen LogP contribution in [0.5, 0.6) is 5.75 Å². The number of nitrogens with one attached hydrogen (secondary N) is 1. The molecule has 0 aliphatic rings. The number of hydrogen-bond acceptors (Lipinski definition) is 5. The first-order valence-electron chi connectivity index (χ1n) is 14.0. The zero-order valence-corrected chi connectivity index (χ0v) is 22.5. The number of carbonyl (C=O) groups excluding carboxylic acids is 1. The summed E-state index contributed by atoms with van der Waals surface area (Å²) in [6.07, 6.45) is 17.8. The number of ether oxygens (including phenoxy) is 4. The molecule has 1 aromatic carbocycles. The van der Waals surface area contributed by atoms with Crippen molar-refractivity contribution in [3.05, 3.63) is 24.3 Å². The first-order chi connectivity index (χ1) is 17.2. The van der Waals surface area contributed by atoms with Crippen LogP contribution in [-0.2, 0) is 19.0 Å². The van der Waals surface area contributed by atoms with E-state index in [1.165, 1.54) is 84.0 Å². The van der Waals surface area contributed by atoms with E-state index in [0.717, 1.165) is 24.5 Å². The molecule has 6 nitrogen and oxygen atoms in total. The van der Waals surface area contributed by atoms with Crippen molar-refractivity contribution in [2.24, 2.45) is 0 Å². The van der Waals surface area contributed by atoms with Gasteiger partial charge in [-0.25, -0.2) is 0 Å². The Hall–Kier alpha value is -1.63. The Morgan fingerprint density at radius 3 is 1.51 bits per heavy atom. The van der Waals surface area contributed by atoms with E-state index in [1.807, 2.05) is 24.3 Å². The van der Waals surface area contributed by atoms with E-state index in [9.17, 15) is 4.79 Å². The van der Waals surface area contributed by atoms with E-state index in [-0.39, 0.29) is 5.91 Å². The third-order valence-electron chi connectivity index (χ3n) is 5.81. The Bertz CT molecular complexity index is 593. The van der Waals surface area contributed by atoms with Gasteiger partial charge in [0.05, 0.1) is 33.0 Å². The van der Waals surface area contributed by atoms with Crippen molar-refractivity contribution in [2.75, 3.05) is 51.6 Å². The predicted octanol–water partition coefficient (Wildman–Crippen LogP) is 7.16. The van der Waals surface area contributed by atoms with Gasteiger partial charge in [0, 0.05) is 19.2 Å². The molecule has 0 unspecified atom stereocenters. The monoisotopic (exact) mass is 493 g/mol. The molecule has 0 bridgehead atoms. The molecule has 0 aromatic heterocycles. The van der Waals surface area contributed by atoms with E-state index in [1.54, 1.807) is 0 Å². The second-order valence-electron chi connectivity index (χ2n) is 9.13. The molecule has 35 heavy (non-hydrogen) atoms. The molecule has 1 amide bonds. The normalized spacial score (nSPS) is 11.0. The van der Waals surface area contributed by atoms with Crippen LogP contribution in [0.1, 0.15) is 97.3 Å². The lowest BCUT2D eigenvalue weighted by Crippen LogP contribution is -2.13. The number of anilines is 1. The van der Waals surface area contributed by atoms with Crippen molar-refractivity contribution in [2.45, 2.75) is 97.3 Å². The highest BCUT2D eigenvalue weighted by atomic mass is 16.6. The largest absolute Gasteiger partial charge is 0.491 e. The van der Waals surface area contributed by atoms with Gasteiger partial charge in [0.15, 0.2) is 0 Å². The fraction of sp³-hybridized carbons (Fsp3) is 0.759. The summed E-state index contributed by atoms with van der Waals surface area (Å²) in [5.74, 6) is 0.662. The fourth-order valence-electron chi connectivity index (χ4n) is 3.82. The smallest absolute Gasteiger partial charge is 0.221 e. The summed E-state index contributed by atoms with van der Waals surface area (Å²) in [6, 6.07) is 7.28. The zero-order chi connectivity index (χ0) is 25.2. The Morgan fingerprint density at radius 1 is 0.600 bits per heavy atom. The number of benzene rings is 1. The van der Waals surface area contributed by atoms with Crippen molar-refractivity contribution < 1.29 is 23.7 Å². The standard InChI is InChI=1S/C29H51NO5/c1-3-4-5-6-7-8-9-10-11-12-13-14-15-20-32-21-22-33-23-24-34-25-26-35-29-18-16-28(17-19-29)30-27(2)31/h16-19H,3-15,20-26H2,1-2H3,(H,30,31). The molecule has 0 atom stereocenters. The van der Waals surface area contributed by atoms with E-state index in [4.69, 9.17) is 18.9 Å². The van der Waals surface area contributed by atoms with Crippen LogP contribution in [0, 0.1) is 0 Å². The van der Waals surface area contributed by atoms with Crippen LogP contribution >= 0.6 is 0 Å². The molecule has 6 heteroatoms. The molecule has 0 spiro atoms. The van der Waals surface area contributed by atoms with Crippen molar-refractivity contribution in [1.82, 2.24) is 0 Å². The zero-order valence-electron chi connectivity index (χ0n) is 22.5. The lowest BCUT2D eigenvalue weighted by Gasteiger charge is -2.09. The average molecular weight is 494 g/mol. The van der Waals surface area contributed by atoms with E-state index < -0.39 is 0 Å². The summed E-state index contributed by atoms with van der Waals surface area (Å²) in [5.41, 5.74) is 0.756. The van der Waals surface area contributed by atoms with Gasteiger partial charge in [0.25, 0.3) is 0 Å². The summed E-state index contributed by atoms with van der Waals surface area (Å²) < 4.78 is 22.3. The van der Waals surface area contributed by atoms with Gasteiger partial charge >= 0.3 is 0 Å². The predicted molar refractivity (Wildman–Crippen MR) is 144 cm³/mol. The summed E-state index contributed by atoms with van der Waals surface area (Å²) in [4.78, 5) is 11.0. The molecule has 0 fully saturated rings. The van der Waals surface area contributed by atoms with Crippen molar-refractivity contribution >= 4 is 11.6 Å². The highest BCUT2D eigenvalue weighted by Gasteiger charge is 1.98. The molecule has 0 aliphatic heterocycles. The van der Waals surface area contributed by atoms with Gasteiger partial charge in [0.1, 0.15) is 12.4 Å². The number of hydrogen-bond donors (Lipinski definition) is 1. The van der Waals surface area contributed by atoms with Gasteiger partial charge in [-0.1, -0.05) is 84.0 Å². The van der Waals surface area contributed by atoms with Crippen molar-refractivity contribution in [3.8, 4) is 5.75 Å². The van der Waals surface area contributed by atoms with Gasteiger partial charge in [-0.05, 0) is 30.7 Å². The topological polar surface area (TPSA) is 66.0 Å². The molecule has 0 saturated carbocycles. The fourth-order valence-corrected chi connectivity index (χ4v) is 3.82. The van der Waals surface area contributed by atoms with E-state index >= 15 is 0 Å². The van der Waals surface area contributed by atoms with E-state index in [2.05, 4.69) is 12.2 Å². The quantitative estimate of drug-likeness (QED) is 0.146. The van der Waals surface area contributed by atoms with Crippen LogP contribution in [0.4, 0.5) is 5.69 Å². The third kappa shape index (κ3) is 21.4. The van der Waals surface area contributed by atoms with Gasteiger partial charge in [-0.2, -0.15) is 0 Å². The molecular weight excluding hydrogens is 442 g/mol. The Balaban J connectivity index is 1.73. The minimum absolute atomic E-state index is 0.0873. The molecule has 0 radical (unpaired) electrons. The Kier molecular flexibility index (Phi) is 21.6. The third-order valence-corrected chi connectivity index (χ3v) is 5.81. The summed E-state index contributed by atoms with van der Waals surface area (Å²) >= 11 is 0. The maximum absolute atomic E-state index is 11.0. The van der Waals surface area contributed by atoms with Crippen LogP contribution in [0.25, 0.3) is 0 Å². The molecule has 0 heterocycles. The minimum Gasteiger partial charge on any atom is -0.491 e. The van der Waals surface area contributed by atoms with Crippen molar-refractivity contribution in [3.63, 3.8) is 0 Å². The molecule has 1 rings (SSSR count). The van der Waals surface area contributed by atoms with Crippen LogP contribution in [0.2, 0.25) is 0 Å². The second-order valence-corrected chi connectivity index (χ2v) is 9.13. The molecule has 0 saturated heterocycles. The Labute approximate surface area is 214 Å². The number of unbranched alkanes of at least 4 members (excludes halogenated alkanes) is 12. The van der Waals surface area contributed by atoms with Crippen LogP contribution < -0.4 is 10.1 Å². The molecule has 1 aromatic rings. The van der Waals surface area contributed by atoms with Gasteiger partial charge in [-0.3, -0.25) is 4.79 Å². The average Bonchev–Trinajstić information content (AvgIpc) is 2.85. The number of carbonyl (C=O) groups is 1. The van der Waals surface area contributed by atoms with Gasteiger partial charge < -0.3 is 24.3 Å². The van der Waals surface area contributed by atoms with E-state index in [0.29, 0.717) is 39.6 Å². The molecule has 1 N–H and O–H groups in total. The summed E-state index contributed by atoms with van der Waals surface area (Å²) in [6.45, 7) is 7.95. The lowest BCUT2D eigenvalue weighted by atomic mass is 10.0. The molecular formula is C29H51NO5. The van der Waals surface area contributed by atoms with Crippen LogP contribution in [-0.4, -0.2) is 52.2 Å². The number of rotatable bonds is 25. The lowest BCUT2D eigenvalue weighted by molar-refractivity contribution is -0.114. The maximum atomic E-state index is 11.0. The molecule has 202 valence electrons. The second kappa shape index (κ2) is 24.1.